The van der Waals surface area contributed by atoms with Crippen molar-refractivity contribution in [3.8, 4) is 11.3 Å². The van der Waals surface area contributed by atoms with Crippen LogP contribution in [0, 0.1) is 12.8 Å². The van der Waals surface area contributed by atoms with Gasteiger partial charge in [0.05, 0.1) is 24.4 Å². The predicted molar refractivity (Wildman–Crippen MR) is 92.2 cm³/mol. The maximum atomic E-state index is 14.2. The molecule has 0 aliphatic carbocycles. The number of aromatic nitrogens is 4. The topological polar surface area (TPSA) is 72.8 Å². The number of ether oxygens (including phenoxy) is 1. The first kappa shape index (κ1) is 16.8. The number of halogens is 2. The Bertz CT molecular complexity index is 1030. The zero-order valence-corrected chi connectivity index (χ0v) is 14.4. The van der Waals surface area contributed by atoms with Gasteiger partial charge in [0, 0.05) is 48.8 Å². The number of pyridine rings is 1. The van der Waals surface area contributed by atoms with Gasteiger partial charge in [0.1, 0.15) is 11.5 Å². The quantitative estimate of drug-likeness (QED) is 0.777. The van der Waals surface area contributed by atoms with Crippen molar-refractivity contribution < 1.29 is 13.5 Å². The number of hydrogen-bond acceptors (Lipinski definition) is 4. The summed E-state index contributed by atoms with van der Waals surface area (Å²) in [7, 11) is 0. The van der Waals surface area contributed by atoms with Crippen LogP contribution in [0.3, 0.4) is 0 Å². The Hall–Kier alpha value is -2.61. The van der Waals surface area contributed by atoms with Crippen molar-refractivity contribution in [2.75, 3.05) is 13.2 Å². The molecular formula is C18H18F2N4O2. The van der Waals surface area contributed by atoms with E-state index in [0.29, 0.717) is 53.7 Å². The number of alkyl halides is 2. The third-order valence-corrected chi connectivity index (χ3v) is 4.51. The number of rotatable bonds is 4. The molecule has 4 rings (SSSR count). The SMILES string of the molecule is Cc1nc(-c2cn(CC3COC3)c3ccnc(C(C)(F)F)c23)cc(=O)[nH]1. The molecule has 0 atom stereocenters. The first-order valence-electron chi connectivity index (χ1n) is 8.35. The molecule has 26 heavy (non-hydrogen) atoms. The van der Waals surface area contributed by atoms with Crippen LogP contribution in [-0.2, 0) is 17.2 Å². The molecule has 8 heteroatoms. The fourth-order valence-electron chi connectivity index (χ4n) is 3.31. The van der Waals surface area contributed by atoms with Gasteiger partial charge in [-0.05, 0) is 13.0 Å². The van der Waals surface area contributed by atoms with Crippen LogP contribution in [0.2, 0.25) is 0 Å². The van der Waals surface area contributed by atoms with Crippen LogP contribution < -0.4 is 5.56 Å². The van der Waals surface area contributed by atoms with Gasteiger partial charge in [-0.15, -0.1) is 0 Å². The van der Waals surface area contributed by atoms with E-state index < -0.39 is 5.92 Å². The lowest BCUT2D eigenvalue weighted by molar-refractivity contribution is -0.0388. The minimum atomic E-state index is -3.11. The van der Waals surface area contributed by atoms with Crippen LogP contribution in [0.1, 0.15) is 18.4 Å². The lowest BCUT2D eigenvalue weighted by atomic mass is 10.1. The van der Waals surface area contributed by atoms with E-state index in [0.717, 1.165) is 6.92 Å². The third kappa shape index (κ3) is 2.90. The van der Waals surface area contributed by atoms with Gasteiger partial charge in [-0.3, -0.25) is 9.78 Å². The van der Waals surface area contributed by atoms with Crippen molar-refractivity contribution >= 4 is 10.9 Å². The first-order valence-corrected chi connectivity index (χ1v) is 8.35. The molecule has 6 nitrogen and oxygen atoms in total. The third-order valence-electron chi connectivity index (χ3n) is 4.51. The largest absolute Gasteiger partial charge is 0.381 e. The molecule has 0 amide bonds. The van der Waals surface area contributed by atoms with Crippen molar-refractivity contribution in [1.29, 1.82) is 0 Å². The minimum absolute atomic E-state index is 0.312. The van der Waals surface area contributed by atoms with Gasteiger partial charge in [-0.2, -0.15) is 8.78 Å². The second-order valence-corrected chi connectivity index (χ2v) is 6.76. The monoisotopic (exact) mass is 360 g/mol. The van der Waals surface area contributed by atoms with E-state index in [4.69, 9.17) is 4.74 Å². The maximum absolute atomic E-state index is 14.2. The molecule has 0 bridgehead atoms. The molecule has 3 aromatic rings. The molecule has 1 aliphatic rings. The van der Waals surface area contributed by atoms with Crippen LogP contribution in [0.4, 0.5) is 8.78 Å². The fourth-order valence-corrected chi connectivity index (χ4v) is 3.31. The lowest BCUT2D eigenvalue weighted by Gasteiger charge is -2.26. The number of aryl methyl sites for hydroxylation is 1. The van der Waals surface area contributed by atoms with Crippen molar-refractivity contribution in [3.63, 3.8) is 0 Å². The lowest BCUT2D eigenvalue weighted by Crippen LogP contribution is -2.31. The Morgan fingerprint density at radius 3 is 2.81 bits per heavy atom. The summed E-state index contributed by atoms with van der Waals surface area (Å²) in [4.78, 5) is 22.7. The summed E-state index contributed by atoms with van der Waals surface area (Å²) >= 11 is 0. The Morgan fingerprint density at radius 1 is 1.42 bits per heavy atom. The molecule has 1 aliphatic heterocycles. The summed E-state index contributed by atoms with van der Waals surface area (Å²) in [5, 5.41) is 0.331. The van der Waals surface area contributed by atoms with Crippen molar-refractivity contribution in [3.05, 3.63) is 46.4 Å². The summed E-state index contributed by atoms with van der Waals surface area (Å²) in [5.41, 5.74) is 0.860. The molecule has 0 aromatic carbocycles. The van der Waals surface area contributed by atoms with Crippen LogP contribution in [0.5, 0.6) is 0 Å². The first-order chi connectivity index (χ1) is 12.3. The van der Waals surface area contributed by atoms with Gasteiger partial charge in [0.15, 0.2) is 0 Å². The summed E-state index contributed by atoms with van der Waals surface area (Å²) in [5.74, 6) is -2.35. The normalized spacial score (nSPS) is 15.4. The molecule has 0 saturated carbocycles. The smallest absolute Gasteiger partial charge is 0.287 e. The number of hydrogen-bond donors (Lipinski definition) is 1. The Kier molecular flexibility index (Phi) is 3.87. The van der Waals surface area contributed by atoms with Gasteiger partial charge in [-0.1, -0.05) is 0 Å². The van der Waals surface area contributed by atoms with E-state index in [1.807, 2.05) is 4.57 Å². The van der Waals surface area contributed by atoms with E-state index >= 15 is 0 Å². The Morgan fingerprint density at radius 2 is 2.19 bits per heavy atom. The highest BCUT2D eigenvalue weighted by atomic mass is 19.3. The van der Waals surface area contributed by atoms with E-state index in [9.17, 15) is 13.6 Å². The van der Waals surface area contributed by atoms with Crippen molar-refractivity contribution in [2.24, 2.45) is 5.92 Å². The maximum Gasteiger partial charge on any atom is 0.287 e. The number of nitrogens with zero attached hydrogens (tertiary/aromatic N) is 3. The van der Waals surface area contributed by atoms with Crippen LogP contribution in [0.15, 0.2) is 29.3 Å². The highest BCUT2D eigenvalue weighted by molar-refractivity contribution is 5.97. The number of nitrogens with one attached hydrogen (secondary N) is 1. The van der Waals surface area contributed by atoms with Gasteiger partial charge in [0.25, 0.3) is 11.5 Å². The zero-order chi connectivity index (χ0) is 18.5. The van der Waals surface area contributed by atoms with Crippen LogP contribution in [0.25, 0.3) is 22.2 Å². The van der Waals surface area contributed by atoms with Crippen LogP contribution >= 0.6 is 0 Å². The molecule has 4 heterocycles. The highest BCUT2D eigenvalue weighted by Crippen LogP contribution is 2.38. The summed E-state index contributed by atoms with van der Waals surface area (Å²) in [6.45, 7) is 4.44. The van der Waals surface area contributed by atoms with E-state index in [1.54, 1.807) is 19.2 Å². The number of H-pyrrole nitrogens is 1. The molecule has 0 radical (unpaired) electrons. The second-order valence-electron chi connectivity index (χ2n) is 6.76. The molecule has 3 aromatic heterocycles. The number of aromatic amines is 1. The molecule has 0 spiro atoms. The second kappa shape index (κ2) is 5.98. The molecular weight excluding hydrogens is 342 g/mol. The van der Waals surface area contributed by atoms with Gasteiger partial charge >= 0.3 is 0 Å². The van der Waals surface area contributed by atoms with Crippen LogP contribution in [-0.4, -0.2) is 32.7 Å². The Labute approximate surface area is 147 Å². The molecule has 1 fully saturated rings. The van der Waals surface area contributed by atoms with Gasteiger partial charge in [0.2, 0.25) is 0 Å². The van der Waals surface area contributed by atoms with Gasteiger partial charge < -0.3 is 14.3 Å². The molecule has 1 saturated heterocycles. The average Bonchev–Trinajstić information content (AvgIpc) is 2.87. The van der Waals surface area contributed by atoms with Gasteiger partial charge in [-0.25, -0.2) is 4.98 Å². The zero-order valence-electron chi connectivity index (χ0n) is 14.4. The van der Waals surface area contributed by atoms with E-state index in [2.05, 4.69) is 15.0 Å². The van der Waals surface area contributed by atoms with E-state index in [1.165, 1.54) is 12.3 Å². The molecule has 1 N–H and O–H groups in total. The summed E-state index contributed by atoms with van der Waals surface area (Å²) in [6, 6.07) is 3.04. The minimum Gasteiger partial charge on any atom is -0.381 e. The average molecular weight is 360 g/mol. The van der Waals surface area contributed by atoms with Crippen molar-refractivity contribution in [2.45, 2.75) is 26.3 Å². The number of fused-ring (bicyclic) bond motifs is 1. The predicted octanol–water partition coefficient (Wildman–Crippen LogP) is 2.85. The molecule has 136 valence electrons. The summed E-state index contributed by atoms with van der Waals surface area (Å²) in [6.07, 6.45) is 3.17. The Balaban J connectivity index is 1.99. The molecule has 0 unspecified atom stereocenters. The standard InChI is InChI=1S/C18H18F2N4O2/c1-10-22-13(5-15(25)23-10)12-7-24(6-11-8-26-9-11)14-3-4-21-17(16(12)14)18(2,19)20/h3-5,7,11H,6,8-9H2,1-2H3,(H,22,23,25). The van der Waals surface area contributed by atoms with E-state index in [-0.39, 0.29) is 11.3 Å². The fraction of sp³-hybridized carbons (Fsp3) is 0.389. The highest BCUT2D eigenvalue weighted by Gasteiger charge is 2.32. The van der Waals surface area contributed by atoms with Crippen molar-refractivity contribution in [1.82, 2.24) is 19.5 Å². The summed E-state index contributed by atoms with van der Waals surface area (Å²) < 4.78 is 35.6.